The zero-order valence-corrected chi connectivity index (χ0v) is 18.7. The highest BCUT2D eigenvalue weighted by atomic mass is 32.1. The highest BCUT2D eigenvalue weighted by Gasteiger charge is 2.22. The third kappa shape index (κ3) is 4.83. The van der Waals surface area contributed by atoms with Crippen LogP contribution in [0.3, 0.4) is 0 Å². The van der Waals surface area contributed by atoms with Gasteiger partial charge in [0.25, 0.3) is 5.91 Å². The zero-order chi connectivity index (χ0) is 20.9. The number of carbonyl (C=O) groups is 1. The van der Waals surface area contributed by atoms with Gasteiger partial charge in [-0.2, -0.15) is 0 Å². The number of methoxy groups -OCH3 is 1. The molecule has 1 unspecified atom stereocenters. The van der Waals surface area contributed by atoms with Crippen LogP contribution in [0.5, 0.6) is 11.5 Å². The number of rotatable bonds is 8. The minimum atomic E-state index is -0.112. The van der Waals surface area contributed by atoms with Crippen molar-refractivity contribution in [1.29, 1.82) is 0 Å². The van der Waals surface area contributed by atoms with E-state index in [0.717, 1.165) is 25.2 Å². The molecule has 0 saturated carbocycles. The van der Waals surface area contributed by atoms with Crippen molar-refractivity contribution in [3.63, 3.8) is 0 Å². The molecule has 0 radical (unpaired) electrons. The molecule has 8 heteroatoms. The molecule has 1 amide bonds. The maximum Gasteiger partial charge on any atom is 0.251 e. The lowest BCUT2D eigenvalue weighted by molar-refractivity contribution is 0.0932. The number of nitrogens with zero attached hydrogens (tertiary/aromatic N) is 2. The van der Waals surface area contributed by atoms with Gasteiger partial charge in [-0.05, 0) is 48.6 Å². The molecule has 3 heterocycles. The lowest BCUT2D eigenvalue weighted by Crippen LogP contribution is -2.44. The number of hydrogen-bond donors (Lipinski definition) is 1. The fraction of sp³-hybridized carbons (Fsp3) is 0.364. The Morgan fingerprint density at radius 2 is 2.23 bits per heavy atom. The first-order valence-electron chi connectivity index (χ1n) is 9.89. The molecule has 0 bridgehead atoms. The van der Waals surface area contributed by atoms with Gasteiger partial charge >= 0.3 is 0 Å². The molecule has 2 aromatic heterocycles. The van der Waals surface area contributed by atoms with Crippen LogP contribution in [0.2, 0.25) is 0 Å². The lowest BCUT2D eigenvalue weighted by Gasteiger charge is -2.32. The Labute approximate surface area is 184 Å². The molecule has 0 saturated heterocycles. The SMILES string of the molecule is COc1cc(C(=O)NCC(C)N2CCc3sccc3C2)ccc1OCc1cscn1. The van der Waals surface area contributed by atoms with Crippen LogP contribution in [0.15, 0.2) is 40.5 Å². The molecule has 0 aliphatic carbocycles. The Bertz CT molecular complexity index is 987. The Morgan fingerprint density at radius 1 is 1.33 bits per heavy atom. The topological polar surface area (TPSA) is 63.7 Å². The van der Waals surface area contributed by atoms with Gasteiger partial charge in [-0.25, -0.2) is 4.98 Å². The molecule has 6 nitrogen and oxygen atoms in total. The first-order valence-corrected chi connectivity index (χ1v) is 11.7. The third-order valence-electron chi connectivity index (χ3n) is 5.30. The molecule has 3 aromatic rings. The van der Waals surface area contributed by atoms with Crippen LogP contribution in [0.25, 0.3) is 0 Å². The molecule has 0 spiro atoms. The first kappa shape index (κ1) is 20.8. The van der Waals surface area contributed by atoms with Gasteiger partial charge in [-0.1, -0.05) is 0 Å². The van der Waals surface area contributed by atoms with Crippen molar-refractivity contribution in [2.75, 3.05) is 20.2 Å². The molecule has 1 N–H and O–H groups in total. The highest BCUT2D eigenvalue weighted by Crippen LogP contribution is 2.29. The first-order chi connectivity index (χ1) is 14.6. The summed E-state index contributed by atoms with van der Waals surface area (Å²) >= 11 is 3.37. The molecule has 1 aliphatic heterocycles. The summed E-state index contributed by atoms with van der Waals surface area (Å²) in [6, 6.07) is 7.73. The summed E-state index contributed by atoms with van der Waals surface area (Å²) in [6.07, 6.45) is 1.09. The molecule has 30 heavy (non-hydrogen) atoms. The van der Waals surface area contributed by atoms with Crippen molar-refractivity contribution < 1.29 is 14.3 Å². The molecular weight excluding hydrogens is 418 g/mol. The van der Waals surface area contributed by atoms with Crippen LogP contribution in [-0.2, 0) is 19.6 Å². The van der Waals surface area contributed by atoms with Crippen molar-refractivity contribution >= 4 is 28.6 Å². The second kappa shape index (κ2) is 9.59. The minimum absolute atomic E-state index is 0.112. The summed E-state index contributed by atoms with van der Waals surface area (Å²) in [6.45, 7) is 5.11. The van der Waals surface area contributed by atoms with Gasteiger partial charge in [0.05, 0.1) is 18.3 Å². The number of carbonyl (C=O) groups excluding carboxylic acids is 1. The van der Waals surface area contributed by atoms with E-state index in [-0.39, 0.29) is 11.9 Å². The average Bonchev–Trinajstić information content (AvgIpc) is 3.46. The predicted octanol–water partition coefficient (Wildman–Crippen LogP) is 3.97. The van der Waals surface area contributed by atoms with E-state index in [2.05, 4.69) is 33.6 Å². The second-order valence-electron chi connectivity index (χ2n) is 7.28. The highest BCUT2D eigenvalue weighted by molar-refractivity contribution is 7.10. The minimum Gasteiger partial charge on any atom is -0.493 e. The Hall–Kier alpha value is -2.42. The molecule has 1 aromatic carbocycles. The van der Waals surface area contributed by atoms with Crippen LogP contribution in [0, 0.1) is 0 Å². The van der Waals surface area contributed by atoms with Crippen LogP contribution >= 0.6 is 22.7 Å². The van der Waals surface area contributed by atoms with Crippen molar-refractivity contribution in [2.45, 2.75) is 32.5 Å². The van der Waals surface area contributed by atoms with Gasteiger partial charge in [0, 0.05) is 41.5 Å². The Kier molecular flexibility index (Phi) is 6.66. The number of thiophene rings is 1. The summed E-state index contributed by atoms with van der Waals surface area (Å²) in [5.41, 5.74) is 4.61. The van der Waals surface area contributed by atoms with Gasteiger partial charge in [-0.3, -0.25) is 9.69 Å². The molecule has 158 valence electrons. The maximum absolute atomic E-state index is 12.7. The van der Waals surface area contributed by atoms with Gasteiger partial charge in [0.1, 0.15) is 6.61 Å². The quantitative estimate of drug-likeness (QED) is 0.571. The van der Waals surface area contributed by atoms with Crippen molar-refractivity contribution in [3.8, 4) is 11.5 Å². The third-order valence-corrected chi connectivity index (χ3v) is 6.96. The Balaban J connectivity index is 1.32. The molecular formula is C22H25N3O3S2. The average molecular weight is 444 g/mol. The number of fused-ring (bicyclic) bond motifs is 1. The normalized spacial score (nSPS) is 14.7. The van der Waals surface area contributed by atoms with E-state index >= 15 is 0 Å². The van der Waals surface area contributed by atoms with Crippen molar-refractivity contribution in [1.82, 2.24) is 15.2 Å². The molecule has 0 fully saturated rings. The van der Waals surface area contributed by atoms with E-state index in [1.165, 1.54) is 21.8 Å². The number of amides is 1. The van der Waals surface area contributed by atoms with Crippen molar-refractivity contribution in [3.05, 3.63) is 62.2 Å². The van der Waals surface area contributed by atoms with Gasteiger partial charge in [0.2, 0.25) is 0 Å². The smallest absolute Gasteiger partial charge is 0.251 e. The summed E-state index contributed by atoms with van der Waals surface area (Å²) in [7, 11) is 1.57. The maximum atomic E-state index is 12.7. The van der Waals surface area contributed by atoms with E-state index in [4.69, 9.17) is 9.47 Å². The predicted molar refractivity (Wildman–Crippen MR) is 120 cm³/mol. The summed E-state index contributed by atoms with van der Waals surface area (Å²) < 4.78 is 11.2. The standard InChI is InChI=1S/C22H25N3O3S2/c1-15(25-7-5-21-17(11-25)6-8-30-21)10-23-22(26)16-3-4-19(20(9-16)27-2)28-12-18-13-29-14-24-18/h3-4,6,8-9,13-15H,5,7,10-12H2,1-2H3,(H,23,26). The lowest BCUT2D eigenvalue weighted by atomic mass is 10.1. The number of aromatic nitrogens is 1. The Morgan fingerprint density at radius 3 is 3.03 bits per heavy atom. The fourth-order valence-electron chi connectivity index (χ4n) is 3.51. The number of hydrogen-bond acceptors (Lipinski definition) is 7. The van der Waals surface area contributed by atoms with Gasteiger partial charge < -0.3 is 14.8 Å². The number of ether oxygens (including phenoxy) is 2. The fourth-order valence-corrected chi connectivity index (χ4v) is 4.94. The monoisotopic (exact) mass is 443 g/mol. The van der Waals surface area contributed by atoms with Gasteiger partial charge in [0.15, 0.2) is 11.5 Å². The van der Waals surface area contributed by atoms with E-state index < -0.39 is 0 Å². The number of thiazole rings is 1. The summed E-state index contributed by atoms with van der Waals surface area (Å²) in [4.78, 5) is 20.8. The molecule has 1 aliphatic rings. The largest absolute Gasteiger partial charge is 0.493 e. The van der Waals surface area contributed by atoms with Crippen LogP contribution < -0.4 is 14.8 Å². The number of nitrogens with one attached hydrogen (secondary N) is 1. The molecule has 1 atom stereocenters. The number of benzene rings is 1. The van der Waals surface area contributed by atoms with Crippen LogP contribution in [0.1, 0.15) is 33.4 Å². The van der Waals surface area contributed by atoms with E-state index in [9.17, 15) is 4.79 Å². The summed E-state index contributed by atoms with van der Waals surface area (Å²) in [5.74, 6) is 1.02. The zero-order valence-electron chi connectivity index (χ0n) is 17.1. The molecule has 4 rings (SSSR count). The van der Waals surface area contributed by atoms with Crippen LogP contribution in [-0.4, -0.2) is 42.0 Å². The van der Waals surface area contributed by atoms with E-state index in [1.54, 1.807) is 30.8 Å². The van der Waals surface area contributed by atoms with Crippen molar-refractivity contribution in [2.24, 2.45) is 0 Å². The van der Waals surface area contributed by atoms with E-state index in [0.29, 0.717) is 30.2 Å². The summed E-state index contributed by atoms with van der Waals surface area (Å²) in [5, 5.41) is 7.16. The second-order valence-corrected chi connectivity index (χ2v) is 9.00. The van der Waals surface area contributed by atoms with E-state index in [1.807, 2.05) is 16.7 Å². The van der Waals surface area contributed by atoms with Crippen LogP contribution in [0.4, 0.5) is 0 Å². The van der Waals surface area contributed by atoms with Gasteiger partial charge in [-0.15, -0.1) is 22.7 Å².